The van der Waals surface area contributed by atoms with Crippen LogP contribution in [0.25, 0.3) is 21.8 Å². The van der Waals surface area contributed by atoms with Crippen molar-refractivity contribution in [2.75, 3.05) is 51.0 Å². The normalized spacial score (nSPS) is 15.9. The van der Waals surface area contributed by atoms with E-state index in [9.17, 15) is 18.8 Å². The van der Waals surface area contributed by atoms with Crippen molar-refractivity contribution in [3.8, 4) is 0 Å². The average molecular weight is 465 g/mol. The number of morpholine rings is 1. The smallest absolute Gasteiger partial charge is 0.261 e. The first-order valence-electron chi connectivity index (χ1n) is 10.3. The highest BCUT2D eigenvalue weighted by Gasteiger charge is 2.16. The first-order chi connectivity index (χ1) is 15.2. The Labute approximate surface area is 186 Å². The molecule has 0 aliphatic carbocycles. The van der Waals surface area contributed by atoms with Crippen LogP contribution in [0.15, 0.2) is 42.5 Å². The van der Waals surface area contributed by atoms with Gasteiger partial charge in [0.25, 0.3) is 10.1 Å². The zero-order valence-corrected chi connectivity index (χ0v) is 18.6. The second-order valence-electron chi connectivity index (χ2n) is 7.48. The number of benzene rings is 2. The SMILES string of the molecule is CS(=O)(=O)O.[O-][NH+](O)c1cccc2nc3ccccc3c(NCCCN3CCOCC3)c12. The van der Waals surface area contributed by atoms with Gasteiger partial charge >= 0.3 is 0 Å². The van der Waals surface area contributed by atoms with Gasteiger partial charge < -0.3 is 15.3 Å². The van der Waals surface area contributed by atoms with Crippen LogP contribution < -0.4 is 10.5 Å². The zero-order chi connectivity index (χ0) is 23.1. The second-order valence-corrected chi connectivity index (χ2v) is 8.94. The largest absolute Gasteiger partial charge is 0.595 e. The molecule has 11 heteroatoms. The molecule has 0 saturated carbocycles. The minimum atomic E-state index is -3.67. The van der Waals surface area contributed by atoms with Crippen molar-refractivity contribution in [1.82, 2.24) is 9.88 Å². The Hall–Kier alpha value is -2.38. The van der Waals surface area contributed by atoms with E-state index in [-0.39, 0.29) is 5.69 Å². The van der Waals surface area contributed by atoms with Crippen LogP contribution in [0.5, 0.6) is 0 Å². The van der Waals surface area contributed by atoms with E-state index in [4.69, 9.17) is 9.29 Å². The van der Waals surface area contributed by atoms with E-state index < -0.39 is 15.3 Å². The lowest BCUT2D eigenvalue weighted by Gasteiger charge is -2.26. The van der Waals surface area contributed by atoms with Crippen molar-refractivity contribution in [2.24, 2.45) is 0 Å². The molecule has 4 N–H and O–H groups in total. The number of ether oxygens (including phenoxy) is 1. The third-order valence-corrected chi connectivity index (χ3v) is 4.99. The van der Waals surface area contributed by atoms with E-state index in [0.717, 1.165) is 62.4 Å². The summed E-state index contributed by atoms with van der Waals surface area (Å²) in [4.78, 5) is 7.06. The number of para-hydroxylation sites is 1. The van der Waals surface area contributed by atoms with Crippen LogP contribution in [0, 0.1) is 5.21 Å². The van der Waals surface area contributed by atoms with E-state index >= 15 is 0 Å². The van der Waals surface area contributed by atoms with Crippen LogP contribution in [-0.2, 0) is 14.9 Å². The summed E-state index contributed by atoms with van der Waals surface area (Å²) in [7, 11) is -3.67. The Balaban J connectivity index is 0.000000523. The number of rotatable bonds is 6. The number of fused-ring (bicyclic) bond motifs is 2. The Morgan fingerprint density at radius 3 is 2.50 bits per heavy atom. The van der Waals surface area contributed by atoms with Crippen molar-refractivity contribution >= 4 is 43.3 Å². The number of hydrogen-bond acceptors (Lipinski definition) is 8. The molecule has 0 radical (unpaired) electrons. The standard InChI is InChI=1S/C20H24N4O3.CH4O3S/c25-24(26)18-8-3-7-17-19(18)20(15-5-1-2-6-16(15)22-17)21-9-4-10-23-11-13-27-14-12-23;1-5(2,3)4/h1-3,5-8,24-25H,4,9-14H2,(H,21,22);1H3,(H,2,3,4). The number of nitrogens with one attached hydrogen (secondary N) is 2. The molecule has 4 rings (SSSR count). The molecule has 1 fully saturated rings. The molecule has 174 valence electrons. The molecule has 1 atom stereocenters. The summed E-state index contributed by atoms with van der Waals surface area (Å²) in [6.45, 7) is 5.33. The van der Waals surface area contributed by atoms with Gasteiger partial charge in [0.1, 0.15) is 0 Å². The fourth-order valence-electron chi connectivity index (χ4n) is 3.65. The minimum absolute atomic E-state index is 0.279. The van der Waals surface area contributed by atoms with Crippen LogP contribution in [0.4, 0.5) is 11.4 Å². The van der Waals surface area contributed by atoms with Crippen molar-refractivity contribution in [3.63, 3.8) is 0 Å². The molecule has 2 aromatic carbocycles. The summed E-state index contributed by atoms with van der Waals surface area (Å²) in [5.74, 6) is 0. The van der Waals surface area contributed by atoms with E-state index in [0.29, 0.717) is 17.2 Å². The number of anilines is 1. The van der Waals surface area contributed by atoms with Gasteiger partial charge in [-0.25, -0.2) is 10.2 Å². The second kappa shape index (κ2) is 11.0. The van der Waals surface area contributed by atoms with E-state index in [1.54, 1.807) is 12.1 Å². The van der Waals surface area contributed by atoms with E-state index in [2.05, 4.69) is 15.2 Å². The molecule has 1 unspecified atom stereocenters. The molecular weight excluding hydrogens is 436 g/mol. The zero-order valence-electron chi connectivity index (χ0n) is 17.8. The van der Waals surface area contributed by atoms with Gasteiger partial charge in [0.15, 0.2) is 5.69 Å². The van der Waals surface area contributed by atoms with Crippen molar-refractivity contribution in [3.05, 3.63) is 47.7 Å². The van der Waals surface area contributed by atoms with E-state index in [1.807, 2.05) is 30.3 Å². The number of nitrogens with zero attached hydrogens (tertiary/aromatic N) is 2. The third-order valence-electron chi connectivity index (χ3n) is 4.99. The molecule has 0 bridgehead atoms. The number of quaternary nitrogens is 1. The van der Waals surface area contributed by atoms with Crippen LogP contribution in [0.3, 0.4) is 0 Å². The predicted octanol–water partition coefficient (Wildman–Crippen LogP) is 1.43. The van der Waals surface area contributed by atoms with Gasteiger partial charge in [0.05, 0.1) is 41.6 Å². The first kappa shape index (κ1) is 24.3. The molecule has 1 aromatic heterocycles. The summed E-state index contributed by atoms with van der Waals surface area (Å²) in [5, 5.41) is 25.6. The van der Waals surface area contributed by atoms with Crippen molar-refractivity contribution in [2.45, 2.75) is 6.42 Å². The predicted molar refractivity (Wildman–Crippen MR) is 123 cm³/mol. The minimum Gasteiger partial charge on any atom is -0.595 e. The van der Waals surface area contributed by atoms with Crippen molar-refractivity contribution < 1.29 is 28.1 Å². The fourth-order valence-corrected chi connectivity index (χ4v) is 3.65. The number of aromatic nitrogens is 1. The Kier molecular flexibility index (Phi) is 8.32. The van der Waals surface area contributed by atoms with Crippen LogP contribution in [0.1, 0.15) is 6.42 Å². The molecule has 3 aromatic rings. The summed E-state index contributed by atoms with van der Waals surface area (Å²) in [6.07, 6.45) is 1.69. The van der Waals surface area contributed by atoms with E-state index in [1.165, 1.54) is 0 Å². The lowest BCUT2D eigenvalue weighted by molar-refractivity contribution is -0.990. The van der Waals surface area contributed by atoms with Crippen LogP contribution in [-0.4, -0.2) is 73.7 Å². The van der Waals surface area contributed by atoms with Gasteiger partial charge in [-0.2, -0.15) is 13.6 Å². The highest BCUT2D eigenvalue weighted by molar-refractivity contribution is 7.85. The fraction of sp³-hybridized carbons (Fsp3) is 0.381. The summed E-state index contributed by atoms with van der Waals surface area (Å²) < 4.78 is 31.3. The topological polar surface area (TPSA) is 139 Å². The molecule has 1 aliphatic heterocycles. The number of pyridine rings is 1. The molecule has 1 aliphatic rings. The van der Waals surface area contributed by atoms with Gasteiger partial charge in [0, 0.05) is 31.1 Å². The van der Waals surface area contributed by atoms with Crippen LogP contribution >= 0.6 is 0 Å². The van der Waals surface area contributed by atoms with Crippen LogP contribution in [0.2, 0.25) is 0 Å². The maximum absolute atomic E-state index is 11.8. The van der Waals surface area contributed by atoms with Gasteiger partial charge in [0.2, 0.25) is 0 Å². The summed E-state index contributed by atoms with van der Waals surface area (Å²) in [6, 6.07) is 13.1. The van der Waals surface area contributed by atoms with Gasteiger partial charge in [-0.05, 0) is 25.1 Å². The highest BCUT2D eigenvalue weighted by atomic mass is 32.2. The molecular formula is C21H28N4O6S. The Bertz CT molecular complexity index is 1140. The maximum atomic E-state index is 11.8. The molecule has 2 heterocycles. The lowest BCUT2D eigenvalue weighted by atomic mass is 10.1. The molecule has 0 amide bonds. The third kappa shape index (κ3) is 6.81. The summed E-state index contributed by atoms with van der Waals surface area (Å²) in [5.41, 5.74) is 2.70. The molecule has 1 saturated heterocycles. The van der Waals surface area contributed by atoms with Crippen molar-refractivity contribution in [1.29, 1.82) is 0 Å². The van der Waals surface area contributed by atoms with Gasteiger partial charge in [-0.3, -0.25) is 9.45 Å². The Morgan fingerprint density at radius 2 is 1.81 bits per heavy atom. The van der Waals surface area contributed by atoms with Gasteiger partial charge in [-0.1, -0.05) is 24.3 Å². The maximum Gasteiger partial charge on any atom is 0.261 e. The Morgan fingerprint density at radius 1 is 1.16 bits per heavy atom. The monoisotopic (exact) mass is 464 g/mol. The molecule has 32 heavy (non-hydrogen) atoms. The number of hydrogen-bond donors (Lipinski definition) is 4. The molecule has 0 spiro atoms. The van der Waals surface area contributed by atoms with Gasteiger partial charge in [-0.15, -0.1) is 0 Å². The molecule has 10 nitrogen and oxygen atoms in total. The average Bonchev–Trinajstić information content (AvgIpc) is 2.75. The highest BCUT2D eigenvalue weighted by Crippen LogP contribution is 2.34. The lowest BCUT2D eigenvalue weighted by Crippen LogP contribution is -2.99. The first-order valence-corrected chi connectivity index (χ1v) is 12.1. The summed E-state index contributed by atoms with van der Waals surface area (Å²) >= 11 is 0. The quantitative estimate of drug-likeness (QED) is 0.185.